The van der Waals surface area contributed by atoms with E-state index in [-0.39, 0.29) is 19.1 Å². The Morgan fingerprint density at radius 3 is 2.48 bits per heavy atom. The minimum atomic E-state index is -1.48. The topological polar surface area (TPSA) is 157 Å². The maximum absolute atomic E-state index is 9.73. The van der Waals surface area contributed by atoms with Gasteiger partial charge >= 0.3 is 0 Å². The van der Waals surface area contributed by atoms with Crippen molar-refractivity contribution < 1.29 is 25.5 Å². The monoisotopic (exact) mass is 304 g/mol. The van der Waals surface area contributed by atoms with Crippen molar-refractivity contribution in [3.8, 4) is 0 Å². The summed E-state index contributed by atoms with van der Waals surface area (Å²) in [5.41, 5.74) is 6.13. The molecule has 0 aliphatic carbocycles. The Balaban J connectivity index is 2.64. The van der Waals surface area contributed by atoms with Crippen molar-refractivity contribution in [2.45, 2.75) is 31.8 Å². The molecule has 0 aliphatic heterocycles. The fourth-order valence-electron chi connectivity index (χ4n) is 1.77. The number of nitrogen functional groups attached to an aromatic ring is 1. The van der Waals surface area contributed by atoms with Gasteiger partial charge in [0.25, 0.3) is 0 Å². The van der Waals surface area contributed by atoms with E-state index in [1.807, 2.05) is 6.92 Å². The number of nitrogens with zero attached hydrogens (tertiary/aromatic N) is 2. The molecule has 8 N–H and O–H groups in total. The second-order valence-corrected chi connectivity index (χ2v) is 5.11. The van der Waals surface area contributed by atoms with Crippen molar-refractivity contribution in [3.63, 3.8) is 0 Å². The first-order valence-corrected chi connectivity index (χ1v) is 6.71. The fraction of sp³-hybridized carbons (Fsp3) is 0.750. The third-order valence-electron chi connectivity index (χ3n) is 3.12. The molecule has 21 heavy (non-hydrogen) atoms. The Morgan fingerprint density at radius 2 is 1.90 bits per heavy atom. The highest BCUT2D eigenvalue weighted by Gasteiger charge is 2.24. The van der Waals surface area contributed by atoms with Crippen LogP contribution in [0.5, 0.6) is 0 Å². The zero-order valence-electron chi connectivity index (χ0n) is 11.9. The maximum atomic E-state index is 9.73. The van der Waals surface area contributed by atoms with Crippen molar-refractivity contribution in [1.82, 2.24) is 9.78 Å². The minimum absolute atomic E-state index is 0.00321. The van der Waals surface area contributed by atoms with Crippen LogP contribution in [0.2, 0.25) is 0 Å². The molecule has 0 fully saturated rings. The van der Waals surface area contributed by atoms with Crippen LogP contribution in [-0.4, -0.2) is 73.4 Å². The van der Waals surface area contributed by atoms with E-state index in [9.17, 15) is 15.3 Å². The van der Waals surface area contributed by atoms with Gasteiger partial charge in [-0.15, -0.1) is 0 Å². The molecule has 9 nitrogen and oxygen atoms in total. The maximum Gasteiger partial charge on any atom is 0.147 e. The van der Waals surface area contributed by atoms with Gasteiger partial charge in [0.2, 0.25) is 0 Å². The van der Waals surface area contributed by atoms with Gasteiger partial charge in [-0.2, -0.15) is 5.10 Å². The first-order chi connectivity index (χ1) is 9.90. The van der Waals surface area contributed by atoms with Gasteiger partial charge < -0.3 is 36.6 Å². The highest BCUT2D eigenvalue weighted by Crippen LogP contribution is 2.19. The predicted octanol–water partition coefficient (Wildman–Crippen LogP) is -2.42. The molecule has 0 saturated carbocycles. The van der Waals surface area contributed by atoms with Crippen LogP contribution >= 0.6 is 0 Å². The quantitative estimate of drug-likeness (QED) is 0.266. The van der Waals surface area contributed by atoms with E-state index in [4.69, 9.17) is 15.9 Å². The molecule has 0 saturated heterocycles. The molecule has 1 aromatic heterocycles. The van der Waals surface area contributed by atoms with Crippen LogP contribution in [0, 0.1) is 5.92 Å². The highest BCUT2D eigenvalue weighted by atomic mass is 16.4. The molecular formula is C12H24N4O5. The SMILES string of the molecule is CC(CO)Cn1ncc(N)c1NCC(O)C(O)C(O)CO. The Hall–Kier alpha value is -1.39. The van der Waals surface area contributed by atoms with Gasteiger partial charge in [-0.05, 0) is 5.92 Å². The molecule has 0 bridgehead atoms. The predicted molar refractivity (Wildman–Crippen MR) is 76.5 cm³/mol. The summed E-state index contributed by atoms with van der Waals surface area (Å²) >= 11 is 0. The number of hydrogen-bond donors (Lipinski definition) is 7. The van der Waals surface area contributed by atoms with Crippen molar-refractivity contribution >= 4 is 11.5 Å². The van der Waals surface area contributed by atoms with E-state index in [0.717, 1.165) is 0 Å². The van der Waals surface area contributed by atoms with Gasteiger partial charge in [-0.3, -0.25) is 0 Å². The number of aliphatic hydroxyl groups is 5. The highest BCUT2D eigenvalue weighted by molar-refractivity contribution is 5.60. The summed E-state index contributed by atoms with van der Waals surface area (Å²) in [4.78, 5) is 0. The molecule has 0 spiro atoms. The summed E-state index contributed by atoms with van der Waals surface area (Å²) in [6.45, 7) is 1.56. The van der Waals surface area contributed by atoms with E-state index < -0.39 is 24.9 Å². The molecule has 1 heterocycles. The normalized spacial score (nSPS) is 17.2. The average Bonchev–Trinajstić information content (AvgIpc) is 2.83. The number of nitrogens with two attached hydrogens (primary N) is 1. The summed E-state index contributed by atoms with van der Waals surface area (Å²) in [6, 6.07) is 0. The molecule has 4 unspecified atom stereocenters. The molecule has 1 rings (SSSR count). The van der Waals surface area contributed by atoms with Crippen LogP contribution in [-0.2, 0) is 6.54 Å². The zero-order chi connectivity index (χ0) is 16.0. The number of rotatable bonds is 9. The molecule has 4 atom stereocenters. The fourth-order valence-corrected chi connectivity index (χ4v) is 1.77. The van der Waals surface area contributed by atoms with Gasteiger partial charge in [0.05, 0.1) is 24.6 Å². The van der Waals surface area contributed by atoms with Crippen LogP contribution in [0.1, 0.15) is 6.92 Å². The van der Waals surface area contributed by atoms with Crippen LogP contribution in [0.3, 0.4) is 0 Å². The lowest BCUT2D eigenvalue weighted by Gasteiger charge is -2.22. The van der Waals surface area contributed by atoms with Crippen LogP contribution in [0.25, 0.3) is 0 Å². The third-order valence-corrected chi connectivity index (χ3v) is 3.12. The summed E-state index contributed by atoms with van der Waals surface area (Å²) < 4.78 is 1.55. The largest absolute Gasteiger partial charge is 0.396 e. The Bertz CT molecular complexity index is 428. The Kier molecular flexibility index (Phi) is 6.85. The first-order valence-electron chi connectivity index (χ1n) is 6.71. The summed E-state index contributed by atoms with van der Waals surface area (Å²) in [7, 11) is 0. The van der Waals surface area contributed by atoms with Crippen molar-refractivity contribution in [2.75, 3.05) is 30.8 Å². The van der Waals surface area contributed by atoms with Crippen molar-refractivity contribution in [2.24, 2.45) is 5.92 Å². The third kappa shape index (κ3) is 4.83. The van der Waals surface area contributed by atoms with Crippen molar-refractivity contribution in [3.05, 3.63) is 6.20 Å². The number of anilines is 2. The van der Waals surface area contributed by atoms with Crippen LogP contribution in [0.4, 0.5) is 11.5 Å². The molecule has 9 heteroatoms. The first kappa shape index (κ1) is 17.7. The van der Waals surface area contributed by atoms with Crippen molar-refractivity contribution in [1.29, 1.82) is 0 Å². The zero-order valence-corrected chi connectivity index (χ0v) is 11.9. The summed E-state index contributed by atoms with van der Waals surface area (Å²) in [5, 5.41) is 53.2. The van der Waals surface area contributed by atoms with Gasteiger partial charge in [0, 0.05) is 19.7 Å². The number of hydrogen-bond acceptors (Lipinski definition) is 8. The standard InChI is InChI=1S/C12H24N4O5/c1-7(5-17)4-16-12(8(13)2-15-16)14-3-9(19)11(21)10(20)6-18/h2,7,9-11,14,17-21H,3-6,13H2,1H3. The van der Waals surface area contributed by atoms with Gasteiger partial charge in [0.15, 0.2) is 0 Å². The molecular weight excluding hydrogens is 280 g/mol. The average molecular weight is 304 g/mol. The Labute approximate surface area is 122 Å². The second kappa shape index (κ2) is 8.15. The smallest absolute Gasteiger partial charge is 0.147 e. The molecule has 1 aromatic rings. The van der Waals surface area contributed by atoms with E-state index >= 15 is 0 Å². The van der Waals surface area contributed by atoms with Gasteiger partial charge in [-0.25, -0.2) is 4.68 Å². The lowest BCUT2D eigenvalue weighted by molar-refractivity contribution is -0.0715. The molecule has 0 aromatic carbocycles. The molecule has 0 amide bonds. The summed E-state index contributed by atoms with van der Waals surface area (Å²) in [6.07, 6.45) is -2.74. The summed E-state index contributed by atoms with van der Waals surface area (Å²) in [5.74, 6) is 0.441. The van der Waals surface area contributed by atoms with E-state index in [1.54, 1.807) is 4.68 Å². The van der Waals surface area contributed by atoms with Crippen LogP contribution in [0.15, 0.2) is 6.20 Å². The lowest BCUT2D eigenvalue weighted by atomic mass is 10.1. The minimum Gasteiger partial charge on any atom is -0.396 e. The molecule has 0 radical (unpaired) electrons. The van der Waals surface area contributed by atoms with E-state index in [0.29, 0.717) is 18.1 Å². The van der Waals surface area contributed by atoms with E-state index in [1.165, 1.54) is 6.20 Å². The number of aromatic nitrogens is 2. The molecule has 122 valence electrons. The van der Waals surface area contributed by atoms with E-state index in [2.05, 4.69) is 10.4 Å². The van der Waals surface area contributed by atoms with Gasteiger partial charge in [0.1, 0.15) is 18.0 Å². The number of aliphatic hydroxyl groups excluding tert-OH is 5. The van der Waals surface area contributed by atoms with Gasteiger partial charge in [-0.1, -0.05) is 6.92 Å². The molecule has 0 aliphatic rings. The Morgan fingerprint density at radius 1 is 1.24 bits per heavy atom. The second-order valence-electron chi connectivity index (χ2n) is 5.11. The van der Waals surface area contributed by atoms with Crippen LogP contribution < -0.4 is 11.1 Å². The lowest BCUT2D eigenvalue weighted by Crippen LogP contribution is -2.43. The number of nitrogens with one attached hydrogen (secondary N) is 1.